The van der Waals surface area contributed by atoms with E-state index in [1.54, 1.807) is 13.2 Å². The van der Waals surface area contributed by atoms with Crippen molar-refractivity contribution in [1.29, 1.82) is 0 Å². The molecule has 0 aliphatic rings. The van der Waals surface area contributed by atoms with E-state index in [0.29, 0.717) is 29.2 Å². The van der Waals surface area contributed by atoms with Gasteiger partial charge < -0.3 is 14.2 Å². The highest BCUT2D eigenvalue weighted by Gasteiger charge is 2.13. The monoisotopic (exact) mass is 493 g/mol. The molecule has 0 aliphatic heterocycles. The molecule has 0 saturated carbocycles. The Morgan fingerprint density at radius 2 is 1.83 bits per heavy atom. The molecule has 2 aromatic heterocycles. The number of hydrogen-bond acceptors (Lipinski definition) is 8. The Morgan fingerprint density at radius 1 is 1.03 bits per heavy atom. The van der Waals surface area contributed by atoms with Gasteiger partial charge in [0.1, 0.15) is 11.4 Å². The van der Waals surface area contributed by atoms with Crippen LogP contribution in [0.25, 0.3) is 11.0 Å². The topological polar surface area (TPSA) is 92.0 Å². The SMILES string of the molecule is CCCCOc1ccc(C=c2sc3nc(=O)c(Cc4ccc(OC)cc4)nn3c2=O)cc1OCC. The number of aromatic nitrogens is 3. The summed E-state index contributed by atoms with van der Waals surface area (Å²) in [6, 6.07) is 12.9. The molecule has 0 spiro atoms. The maximum Gasteiger partial charge on any atom is 0.296 e. The smallest absolute Gasteiger partial charge is 0.296 e. The molecule has 9 heteroatoms. The van der Waals surface area contributed by atoms with Crippen LogP contribution >= 0.6 is 11.3 Å². The van der Waals surface area contributed by atoms with Gasteiger partial charge in [0.2, 0.25) is 4.96 Å². The van der Waals surface area contributed by atoms with E-state index in [-0.39, 0.29) is 22.6 Å². The van der Waals surface area contributed by atoms with Gasteiger partial charge in [0, 0.05) is 6.42 Å². The van der Waals surface area contributed by atoms with Gasteiger partial charge in [-0.05, 0) is 54.8 Å². The van der Waals surface area contributed by atoms with E-state index < -0.39 is 5.56 Å². The number of methoxy groups -OCH3 is 1. The Morgan fingerprint density at radius 3 is 2.54 bits per heavy atom. The lowest BCUT2D eigenvalue weighted by atomic mass is 10.1. The van der Waals surface area contributed by atoms with E-state index in [2.05, 4.69) is 17.0 Å². The molecule has 4 aromatic rings. The Bertz CT molecular complexity index is 1480. The highest BCUT2D eigenvalue weighted by molar-refractivity contribution is 7.15. The van der Waals surface area contributed by atoms with Crippen molar-refractivity contribution in [3.05, 3.63) is 84.5 Å². The first kappa shape index (κ1) is 24.4. The highest BCUT2D eigenvalue weighted by atomic mass is 32.1. The fourth-order valence-corrected chi connectivity index (χ4v) is 4.37. The van der Waals surface area contributed by atoms with Gasteiger partial charge in [-0.1, -0.05) is 42.9 Å². The van der Waals surface area contributed by atoms with Gasteiger partial charge in [0.15, 0.2) is 11.5 Å². The third kappa shape index (κ3) is 5.68. The van der Waals surface area contributed by atoms with Crippen LogP contribution < -0.4 is 29.9 Å². The number of rotatable bonds is 10. The maximum absolute atomic E-state index is 13.0. The van der Waals surface area contributed by atoms with Gasteiger partial charge in [-0.25, -0.2) is 0 Å². The number of unbranched alkanes of at least 4 members (excludes halogenated alkanes) is 1. The number of nitrogens with zero attached hydrogens (tertiary/aromatic N) is 3. The molecule has 0 saturated heterocycles. The fourth-order valence-electron chi connectivity index (χ4n) is 3.47. The van der Waals surface area contributed by atoms with Crippen LogP contribution in [0.5, 0.6) is 17.2 Å². The largest absolute Gasteiger partial charge is 0.497 e. The van der Waals surface area contributed by atoms with Gasteiger partial charge in [0.05, 0.1) is 24.9 Å². The average molecular weight is 494 g/mol. The van der Waals surface area contributed by atoms with Crippen molar-refractivity contribution in [2.45, 2.75) is 33.1 Å². The molecule has 8 nitrogen and oxygen atoms in total. The van der Waals surface area contributed by atoms with Crippen molar-refractivity contribution in [2.24, 2.45) is 0 Å². The summed E-state index contributed by atoms with van der Waals surface area (Å²) in [6.07, 6.45) is 4.01. The van der Waals surface area contributed by atoms with Crippen molar-refractivity contribution in [2.75, 3.05) is 20.3 Å². The van der Waals surface area contributed by atoms with Crippen LogP contribution in [0.4, 0.5) is 0 Å². The first-order chi connectivity index (χ1) is 17.0. The zero-order valence-corrected chi connectivity index (χ0v) is 20.8. The predicted octanol–water partition coefficient (Wildman–Crippen LogP) is 3.24. The molecule has 0 N–H and O–H groups in total. The zero-order chi connectivity index (χ0) is 24.8. The minimum Gasteiger partial charge on any atom is -0.497 e. The molecule has 0 unspecified atom stereocenters. The molecular weight excluding hydrogens is 466 g/mol. The summed E-state index contributed by atoms with van der Waals surface area (Å²) in [5, 5.41) is 4.32. The molecule has 0 amide bonds. The van der Waals surface area contributed by atoms with Crippen molar-refractivity contribution in [1.82, 2.24) is 14.6 Å². The van der Waals surface area contributed by atoms with Crippen molar-refractivity contribution >= 4 is 22.4 Å². The van der Waals surface area contributed by atoms with E-state index in [0.717, 1.165) is 41.1 Å². The minimum atomic E-state index is -0.444. The summed E-state index contributed by atoms with van der Waals surface area (Å²) >= 11 is 1.13. The molecule has 35 heavy (non-hydrogen) atoms. The maximum atomic E-state index is 13.0. The average Bonchev–Trinajstić information content (AvgIpc) is 3.15. The third-order valence-electron chi connectivity index (χ3n) is 5.30. The van der Waals surface area contributed by atoms with Crippen molar-refractivity contribution in [3.63, 3.8) is 0 Å². The van der Waals surface area contributed by atoms with E-state index in [1.807, 2.05) is 49.4 Å². The van der Waals surface area contributed by atoms with Gasteiger partial charge in [-0.2, -0.15) is 14.6 Å². The lowest BCUT2D eigenvalue weighted by molar-refractivity contribution is 0.272. The fraction of sp³-hybridized carbons (Fsp3) is 0.308. The van der Waals surface area contributed by atoms with Crippen LogP contribution in [0.15, 0.2) is 52.1 Å². The number of ether oxygens (including phenoxy) is 3. The minimum absolute atomic E-state index is 0.210. The second-order valence-electron chi connectivity index (χ2n) is 7.84. The number of hydrogen-bond donors (Lipinski definition) is 0. The quantitative estimate of drug-likeness (QED) is 0.313. The number of fused-ring (bicyclic) bond motifs is 1. The standard InChI is InChI=1S/C26H27N3O5S/c1-4-6-13-34-21-12-9-18(15-22(21)33-5-2)16-23-25(31)29-26(35-23)27-24(30)20(28-29)14-17-7-10-19(32-3)11-8-17/h7-12,15-16H,4-6,13-14H2,1-3H3. The highest BCUT2D eigenvalue weighted by Crippen LogP contribution is 2.29. The molecule has 4 rings (SSSR count). The molecule has 0 radical (unpaired) electrons. The Balaban J connectivity index is 1.67. The summed E-state index contributed by atoms with van der Waals surface area (Å²) in [7, 11) is 1.59. The molecule has 0 atom stereocenters. The Hall–Kier alpha value is -3.72. The molecule has 182 valence electrons. The van der Waals surface area contributed by atoms with Crippen LogP contribution in [0.1, 0.15) is 43.5 Å². The van der Waals surface area contributed by atoms with Gasteiger partial charge in [-0.3, -0.25) is 9.59 Å². The summed E-state index contributed by atoms with van der Waals surface area (Å²) < 4.78 is 18.4. The lowest BCUT2D eigenvalue weighted by Gasteiger charge is -2.12. The normalized spacial score (nSPS) is 11.7. The molecule has 2 heterocycles. The first-order valence-electron chi connectivity index (χ1n) is 11.5. The molecule has 2 aromatic carbocycles. The van der Waals surface area contributed by atoms with Crippen LogP contribution in [0.3, 0.4) is 0 Å². The Labute approximate surface area is 206 Å². The first-order valence-corrected chi connectivity index (χ1v) is 12.3. The second-order valence-corrected chi connectivity index (χ2v) is 8.85. The lowest BCUT2D eigenvalue weighted by Crippen LogP contribution is -2.28. The van der Waals surface area contributed by atoms with Gasteiger partial charge in [-0.15, -0.1) is 0 Å². The van der Waals surface area contributed by atoms with Crippen molar-refractivity contribution < 1.29 is 14.2 Å². The summed E-state index contributed by atoms with van der Waals surface area (Å²) in [5.74, 6) is 2.02. The van der Waals surface area contributed by atoms with E-state index in [4.69, 9.17) is 14.2 Å². The summed E-state index contributed by atoms with van der Waals surface area (Å²) in [5.41, 5.74) is 1.09. The summed E-state index contributed by atoms with van der Waals surface area (Å²) in [6.45, 7) is 5.13. The van der Waals surface area contributed by atoms with Crippen LogP contribution in [0.2, 0.25) is 0 Å². The second kappa shape index (κ2) is 11.1. The Kier molecular flexibility index (Phi) is 7.77. The third-order valence-corrected chi connectivity index (χ3v) is 6.26. The van der Waals surface area contributed by atoms with E-state index in [1.165, 1.54) is 4.52 Å². The van der Waals surface area contributed by atoms with Crippen LogP contribution in [0, 0.1) is 0 Å². The van der Waals surface area contributed by atoms with Crippen LogP contribution in [-0.4, -0.2) is 34.9 Å². The van der Waals surface area contributed by atoms with Crippen molar-refractivity contribution in [3.8, 4) is 17.2 Å². The van der Waals surface area contributed by atoms with E-state index in [9.17, 15) is 9.59 Å². The molecular formula is C26H27N3O5S. The zero-order valence-electron chi connectivity index (χ0n) is 19.9. The van der Waals surface area contributed by atoms with Crippen LogP contribution in [-0.2, 0) is 6.42 Å². The predicted molar refractivity (Wildman–Crippen MR) is 136 cm³/mol. The number of thiazole rings is 1. The molecule has 0 bridgehead atoms. The molecule has 0 aliphatic carbocycles. The van der Waals surface area contributed by atoms with Gasteiger partial charge in [0.25, 0.3) is 11.1 Å². The molecule has 0 fully saturated rings. The van der Waals surface area contributed by atoms with Gasteiger partial charge >= 0.3 is 0 Å². The number of benzene rings is 2. The van der Waals surface area contributed by atoms with E-state index >= 15 is 0 Å². The summed E-state index contributed by atoms with van der Waals surface area (Å²) in [4.78, 5) is 30.0.